The van der Waals surface area contributed by atoms with E-state index in [2.05, 4.69) is 5.10 Å². The Morgan fingerprint density at radius 1 is 0.944 bits per heavy atom. The third kappa shape index (κ3) is 4.36. The third-order valence-electron chi connectivity index (χ3n) is 5.51. The fourth-order valence-corrected chi connectivity index (χ4v) is 6.76. The highest BCUT2D eigenvalue weighted by atomic mass is 32.2. The van der Waals surface area contributed by atoms with E-state index in [0.717, 1.165) is 17.0 Å². The molecule has 0 unspecified atom stereocenters. The molecule has 1 fully saturated rings. The fraction of sp³-hybridized carbons (Fsp3) is 0.148. The number of nitrogens with zero attached hydrogens (tertiary/aromatic N) is 3. The standard InChI is InChI=1S/C27H23N3O4S2/c1-3-34-26(32)24-28-30(21-12-8-5-9-13-21)27(36-24)29(20-10-6-4-7-11-20)25(31)23(35-27)18-19-14-16-22(33-2)17-15-19/h4-18H,3H2,1-2H3/b23-18+/t27-/m0/s1. The lowest BCUT2D eigenvalue weighted by Gasteiger charge is -2.38. The molecule has 1 amide bonds. The summed E-state index contributed by atoms with van der Waals surface area (Å²) in [6.45, 7) is 1.98. The Labute approximate surface area is 217 Å². The highest BCUT2D eigenvalue weighted by molar-refractivity contribution is 8.29. The zero-order valence-electron chi connectivity index (χ0n) is 19.7. The predicted octanol–water partition coefficient (Wildman–Crippen LogP) is 5.56. The maximum Gasteiger partial charge on any atom is 0.365 e. The first-order valence-corrected chi connectivity index (χ1v) is 12.9. The minimum atomic E-state index is -1.10. The van der Waals surface area contributed by atoms with Crippen LogP contribution in [0.25, 0.3) is 6.08 Å². The van der Waals surface area contributed by atoms with Crippen LogP contribution in [0, 0.1) is 0 Å². The lowest BCUT2D eigenvalue weighted by Crippen LogP contribution is -2.51. The van der Waals surface area contributed by atoms with Gasteiger partial charge in [0.2, 0.25) is 9.37 Å². The maximum atomic E-state index is 14.0. The quantitative estimate of drug-likeness (QED) is 0.313. The number of benzene rings is 3. The van der Waals surface area contributed by atoms with E-state index in [1.165, 1.54) is 23.5 Å². The summed E-state index contributed by atoms with van der Waals surface area (Å²) in [7, 11) is 1.61. The van der Waals surface area contributed by atoms with E-state index in [4.69, 9.17) is 9.47 Å². The van der Waals surface area contributed by atoms with Gasteiger partial charge in [-0.15, -0.1) is 0 Å². The van der Waals surface area contributed by atoms with Crippen LogP contribution in [0.5, 0.6) is 5.75 Å². The summed E-state index contributed by atoms with van der Waals surface area (Å²) >= 11 is 2.56. The van der Waals surface area contributed by atoms with Gasteiger partial charge < -0.3 is 9.47 Å². The van der Waals surface area contributed by atoms with E-state index < -0.39 is 10.3 Å². The topological polar surface area (TPSA) is 71.4 Å². The second kappa shape index (κ2) is 10.1. The van der Waals surface area contributed by atoms with E-state index in [0.29, 0.717) is 10.6 Å². The number of hydrogen-bond donors (Lipinski definition) is 0. The highest BCUT2D eigenvalue weighted by Gasteiger charge is 2.60. The van der Waals surface area contributed by atoms with Gasteiger partial charge in [0.15, 0.2) is 0 Å². The number of esters is 1. The van der Waals surface area contributed by atoms with Crippen LogP contribution in [-0.4, -0.2) is 35.0 Å². The molecule has 0 N–H and O–H groups in total. The fourth-order valence-electron chi connectivity index (χ4n) is 3.88. The zero-order valence-corrected chi connectivity index (χ0v) is 21.3. The Morgan fingerprint density at radius 3 is 2.19 bits per heavy atom. The van der Waals surface area contributed by atoms with Crippen molar-refractivity contribution in [3.05, 3.63) is 95.4 Å². The van der Waals surface area contributed by atoms with Crippen molar-refractivity contribution >= 4 is 57.9 Å². The highest BCUT2D eigenvalue weighted by Crippen LogP contribution is 2.59. The normalized spacial score (nSPS) is 20.2. The number of hydrogen-bond acceptors (Lipinski definition) is 8. The lowest BCUT2D eigenvalue weighted by molar-refractivity contribution is -0.134. The Bertz CT molecular complexity index is 1330. The number of thioether (sulfide) groups is 2. The summed E-state index contributed by atoms with van der Waals surface area (Å²) in [5.74, 6) is 0.0312. The molecule has 3 aromatic rings. The van der Waals surface area contributed by atoms with Crippen molar-refractivity contribution in [3.8, 4) is 5.75 Å². The Morgan fingerprint density at radius 2 is 1.58 bits per heavy atom. The van der Waals surface area contributed by atoms with E-state index in [9.17, 15) is 9.59 Å². The first-order valence-electron chi connectivity index (χ1n) is 11.3. The number of ether oxygens (including phenoxy) is 2. The number of amides is 1. The van der Waals surface area contributed by atoms with E-state index >= 15 is 0 Å². The van der Waals surface area contributed by atoms with Crippen LogP contribution in [-0.2, 0) is 14.3 Å². The zero-order chi connectivity index (χ0) is 25.1. The first-order chi connectivity index (χ1) is 17.6. The second-order valence-corrected chi connectivity index (χ2v) is 10.4. The molecule has 2 heterocycles. The number of anilines is 2. The molecule has 36 heavy (non-hydrogen) atoms. The van der Waals surface area contributed by atoms with Gasteiger partial charge in [-0.1, -0.05) is 60.3 Å². The minimum Gasteiger partial charge on any atom is -0.497 e. The molecular formula is C27H23N3O4S2. The number of rotatable bonds is 6. The molecule has 0 radical (unpaired) electrons. The van der Waals surface area contributed by atoms with Crippen LogP contribution in [0.2, 0.25) is 0 Å². The summed E-state index contributed by atoms with van der Waals surface area (Å²) < 4.78 is 9.43. The van der Waals surface area contributed by atoms with Gasteiger partial charge >= 0.3 is 5.97 Å². The predicted molar refractivity (Wildman–Crippen MR) is 146 cm³/mol. The van der Waals surface area contributed by atoms with Gasteiger partial charge in [0.25, 0.3) is 5.91 Å². The van der Waals surface area contributed by atoms with Gasteiger partial charge in [-0.3, -0.25) is 9.69 Å². The van der Waals surface area contributed by atoms with Crippen LogP contribution >= 0.6 is 23.5 Å². The molecule has 3 aromatic carbocycles. The Balaban J connectivity index is 1.64. The van der Waals surface area contributed by atoms with Crippen LogP contribution in [0.15, 0.2) is 94.9 Å². The average Bonchev–Trinajstić information content (AvgIpc) is 3.42. The van der Waals surface area contributed by atoms with E-state index in [1.54, 1.807) is 23.9 Å². The number of carbonyl (C=O) groups excluding carboxylic acids is 2. The molecule has 7 nitrogen and oxygen atoms in total. The Hall–Kier alpha value is -3.69. The number of carbonyl (C=O) groups is 2. The summed E-state index contributed by atoms with van der Waals surface area (Å²) in [5.41, 5.74) is 2.30. The molecule has 0 aliphatic carbocycles. The van der Waals surface area contributed by atoms with Crippen molar-refractivity contribution in [1.29, 1.82) is 0 Å². The molecule has 0 aromatic heterocycles. The molecule has 182 valence electrons. The summed E-state index contributed by atoms with van der Waals surface area (Å²) in [6, 6.07) is 26.4. The monoisotopic (exact) mass is 517 g/mol. The van der Waals surface area contributed by atoms with Gasteiger partial charge in [0.05, 0.1) is 24.3 Å². The molecule has 1 saturated heterocycles. The molecule has 2 aliphatic rings. The molecule has 2 aliphatic heterocycles. The van der Waals surface area contributed by atoms with E-state index in [-0.39, 0.29) is 17.6 Å². The minimum absolute atomic E-state index is 0.184. The van der Waals surface area contributed by atoms with Crippen LogP contribution in [0.3, 0.4) is 0 Å². The first kappa shape index (κ1) is 24.0. The lowest BCUT2D eigenvalue weighted by atomic mass is 10.2. The van der Waals surface area contributed by atoms with E-state index in [1.807, 2.05) is 91.0 Å². The Kier molecular flexibility index (Phi) is 6.75. The van der Waals surface area contributed by atoms with Crippen molar-refractivity contribution in [2.75, 3.05) is 23.6 Å². The van der Waals surface area contributed by atoms with Crippen molar-refractivity contribution in [1.82, 2.24) is 0 Å². The molecule has 9 heteroatoms. The van der Waals surface area contributed by atoms with Crippen LogP contribution in [0.1, 0.15) is 12.5 Å². The van der Waals surface area contributed by atoms with Crippen LogP contribution < -0.4 is 14.6 Å². The van der Waals surface area contributed by atoms with Gasteiger partial charge in [-0.25, -0.2) is 9.80 Å². The molecule has 0 bridgehead atoms. The number of hydrazone groups is 1. The number of methoxy groups -OCH3 is 1. The number of para-hydroxylation sites is 2. The van der Waals surface area contributed by atoms with Crippen molar-refractivity contribution < 1.29 is 19.1 Å². The molecular weight excluding hydrogens is 494 g/mol. The molecule has 0 saturated carbocycles. The average molecular weight is 518 g/mol. The summed E-state index contributed by atoms with van der Waals surface area (Å²) in [5, 5.41) is 6.58. The molecule has 1 atom stereocenters. The SMILES string of the molecule is CCOC(=O)C1=NN(c2ccccc2)[C@]2(S1)S/C(=C/c1ccc(OC)cc1)C(=O)N2c1ccccc1. The van der Waals surface area contributed by atoms with Crippen LogP contribution in [0.4, 0.5) is 11.4 Å². The van der Waals surface area contributed by atoms with Crippen molar-refractivity contribution in [2.24, 2.45) is 5.10 Å². The van der Waals surface area contributed by atoms with Gasteiger partial charge in [0.1, 0.15) is 5.75 Å². The van der Waals surface area contributed by atoms with Crippen molar-refractivity contribution in [3.63, 3.8) is 0 Å². The van der Waals surface area contributed by atoms with Crippen molar-refractivity contribution in [2.45, 2.75) is 11.3 Å². The maximum absolute atomic E-state index is 14.0. The molecule has 5 rings (SSSR count). The third-order valence-corrected chi connectivity index (χ3v) is 8.20. The molecule has 1 spiro atoms. The second-order valence-electron chi connectivity index (χ2n) is 7.78. The van der Waals surface area contributed by atoms with Gasteiger partial charge in [-0.05, 0) is 66.7 Å². The smallest absolute Gasteiger partial charge is 0.365 e. The van der Waals surface area contributed by atoms with Gasteiger partial charge in [-0.2, -0.15) is 5.10 Å². The van der Waals surface area contributed by atoms with Gasteiger partial charge in [0, 0.05) is 5.69 Å². The summed E-state index contributed by atoms with van der Waals surface area (Å²) in [4.78, 5) is 29.0. The largest absolute Gasteiger partial charge is 0.497 e. The summed E-state index contributed by atoms with van der Waals surface area (Å²) in [6.07, 6.45) is 1.85.